The van der Waals surface area contributed by atoms with Crippen molar-refractivity contribution in [2.75, 3.05) is 0 Å². The van der Waals surface area contributed by atoms with E-state index in [1.54, 1.807) is 11.6 Å². The van der Waals surface area contributed by atoms with E-state index in [-0.39, 0.29) is 0 Å². The van der Waals surface area contributed by atoms with E-state index in [4.69, 9.17) is 0 Å². The average molecular weight is 154 g/mol. The molecule has 0 spiro atoms. The fourth-order valence-electron chi connectivity index (χ4n) is 1.37. The lowest BCUT2D eigenvalue weighted by Gasteiger charge is -2.05. The normalized spacial score (nSPS) is 13.5. The van der Waals surface area contributed by atoms with Gasteiger partial charge < -0.3 is 5.11 Å². The lowest BCUT2D eigenvalue weighted by molar-refractivity contribution is 0.188. The number of hydrogen-bond acceptors (Lipinski definition) is 2. The number of nitrogens with zero attached hydrogens (tertiary/aromatic N) is 2. The van der Waals surface area contributed by atoms with Crippen molar-refractivity contribution in [2.45, 2.75) is 26.9 Å². The van der Waals surface area contributed by atoms with Crippen molar-refractivity contribution in [3.8, 4) is 0 Å². The van der Waals surface area contributed by atoms with Gasteiger partial charge in [-0.3, -0.25) is 4.68 Å². The summed E-state index contributed by atoms with van der Waals surface area (Å²) in [6, 6.07) is 0. The van der Waals surface area contributed by atoms with Gasteiger partial charge in [-0.15, -0.1) is 0 Å². The molecule has 1 aromatic heterocycles. The van der Waals surface area contributed by atoms with E-state index in [1.807, 2.05) is 20.9 Å². The summed E-state index contributed by atoms with van der Waals surface area (Å²) in [5.74, 6) is 0. The maximum atomic E-state index is 9.34. The molecule has 1 rings (SSSR count). The van der Waals surface area contributed by atoms with E-state index in [2.05, 4.69) is 5.10 Å². The predicted octanol–water partition coefficient (Wildman–Crippen LogP) is 1.09. The molecule has 1 unspecified atom stereocenters. The Morgan fingerprint density at radius 3 is 2.18 bits per heavy atom. The molecule has 0 aliphatic heterocycles. The number of rotatable bonds is 1. The van der Waals surface area contributed by atoms with Crippen LogP contribution in [0.1, 0.15) is 30.0 Å². The summed E-state index contributed by atoms with van der Waals surface area (Å²) in [7, 11) is 1.85. The Morgan fingerprint density at radius 1 is 1.45 bits per heavy atom. The third kappa shape index (κ3) is 1.28. The van der Waals surface area contributed by atoms with Crippen molar-refractivity contribution in [3.05, 3.63) is 17.0 Å². The molecule has 3 nitrogen and oxygen atoms in total. The summed E-state index contributed by atoms with van der Waals surface area (Å²) in [6.07, 6.45) is -0.429. The van der Waals surface area contributed by atoms with E-state index >= 15 is 0 Å². The number of aryl methyl sites for hydroxylation is 2. The van der Waals surface area contributed by atoms with E-state index in [1.165, 1.54) is 0 Å². The van der Waals surface area contributed by atoms with Gasteiger partial charge in [-0.25, -0.2) is 0 Å². The second-order valence-corrected chi connectivity index (χ2v) is 2.90. The van der Waals surface area contributed by atoms with Gasteiger partial charge in [0.15, 0.2) is 0 Å². The molecular formula is C8H14N2O. The minimum absolute atomic E-state index is 0.429. The minimum Gasteiger partial charge on any atom is -0.387 e. The molecule has 1 N–H and O–H groups in total. The molecule has 0 aromatic carbocycles. The summed E-state index contributed by atoms with van der Waals surface area (Å²) in [6.45, 7) is 5.68. The van der Waals surface area contributed by atoms with Crippen molar-refractivity contribution in [2.24, 2.45) is 7.05 Å². The maximum Gasteiger partial charge on any atom is 0.0931 e. The number of aliphatic hydroxyl groups excluding tert-OH is 1. The van der Waals surface area contributed by atoms with Gasteiger partial charge in [0.1, 0.15) is 0 Å². The van der Waals surface area contributed by atoms with E-state index < -0.39 is 6.10 Å². The number of aromatic nitrogens is 2. The van der Waals surface area contributed by atoms with Gasteiger partial charge in [0.05, 0.1) is 17.5 Å². The first-order chi connectivity index (χ1) is 5.04. The van der Waals surface area contributed by atoms with Crippen molar-refractivity contribution in [1.82, 2.24) is 9.78 Å². The Hall–Kier alpha value is -0.830. The summed E-state index contributed by atoms with van der Waals surface area (Å²) >= 11 is 0. The first-order valence-electron chi connectivity index (χ1n) is 3.72. The van der Waals surface area contributed by atoms with E-state index in [0.29, 0.717) is 0 Å². The highest BCUT2D eigenvalue weighted by atomic mass is 16.3. The molecule has 3 heteroatoms. The topological polar surface area (TPSA) is 38.0 Å². The highest BCUT2D eigenvalue weighted by molar-refractivity contribution is 5.24. The summed E-state index contributed by atoms with van der Waals surface area (Å²) in [5, 5.41) is 13.5. The van der Waals surface area contributed by atoms with Crippen LogP contribution in [0.2, 0.25) is 0 Å². The molecule has 62 valence electrons. The van der Waals surface area contributed by atoms with Gasteiger partial charge in [-0.2, -0.15) is 5.10 Å². The molecule has 0 radical (unpaired) electrons. The van der Waals surface area contributed by atoms with Crippen LogP contribution in [0.25, 0.3) is 0 Å². The Kier molecular flexibility index (Phi) is 2.00. The van der Waals surface area contributed by atoms with Gasteiger partial charge in [-0.05, 0) is 26.3 Å². The Morgan fingerprint density at radius 2 is 2.00 bits per heavy atom. The monoisotopic (exact) mass is 154 g/mol. The molecule has 1 aromatic rings. The third-order valence-electron chi connectivity index (χ3n) is 1.97. The molecule has 0 aliphatic rings. The average Bonchev–Trinajstić information content (AvgIpc) is 2.07. The van der Waals surface area contributed by atoms with Crippen LogP contribution < -0.4 is 0 Å². The highest BCUT2D eigenvalue weighted by Gasteiger charge is 2.12. The first-order valence-corrected chi connectivity index (χ1v) is 3.72. The van der Waals surface area contributed by atoms with Crippen LogP contribution in [0.4, 0.5) is 0 Å². The van der Waals surface area contributed by atoms with Crippen molar-refractivity contribution >= 4 is 0 Å². The maximum absolute atomic E-state index is 9.34. The third-order valence-corrected chi connectivity index (χ3v) is 1.97. The molecule has 1 heterocycles. The van der Waals surface area contributed by atoms with Crippen molar-refractivity contribution in [1.29, 1.82) is 0 Å². The summed E-state index contributed by atoms with van der Waals surface area (Å²) < 4.78 is 1.73. The molecule has 0 fully saturated rings. The molecule has 0 bridgehead atoms. The Labute approximate surface area is 66.7 Å². The van der Waals surface area contributed by atoms with E-state index in [0.717, 1.165) is 17.0 Å². The minimum atomic E-state index is -0.429. The predicted molar refractivity (Wildman–Crippen MR) is 43.3 cm³/mol. The van der Waals surface area contributed by atoms with Crippen LogP contribution >= 0.6 is 0 Å². The lowest BCUT2D eigenvalue weighted by Crippen LogP contribution is -2.02. The zero-order chi connectivity index (χ0) is 8.59. The summed E-state index contributed by atoms with van der Waals surface area (Å²) in [4.78, 5) is 0. The van der Waals surface area contributed by atoms with E-state index in [9.17, 15) is 5.11 Å². The molecule has 0 amide bonds. The lowest BCUT2D eigenvalue weighted by atomic mass is 10.1. The van der Waals surface area contributed by atoms with Crippen LogP contribution in [0.15, 0.2) is 0 Å². The molecular weight excluding hydrogens is 140 g/mol. The van der Waals surface area contributed by atoms with Gasteiger partial charge in [-0.1, -0.05) is 0 Å². The fraction of sp³-hybridized carbons (Fsp3) is 0.625. The van der Waals surface area contributed by atoms with Gasteiger partial charge in [0, 0.05) is 7.05 Å². The van der Waals surface area contributed by atoms with Crippen LogP contribution in [-0.2, 0) is 7.05 Å². The van der Waals surface area contributed by atoms with Crippen LogP contribution in [0, 0.1) is 13.8 Å². The molecule has 0 saturated heterocycles. The van der Waals surface area contributed by atoms with Crippen LogP contribution in [-0.4, -0.2) is 14.9 Å². The van der Waals surface area contributed by atoms with Crippen LogP contribution in [0.5, 0.6) is 0 Å². The van der Waals surface area contributed by atoms with Crippen molar-refractivity contribution in [3.63, 3.8) is 0 Å². The zero-order valence-corrected chi connectivity index (χ0v) is 7.42. The standard InChI is InChI=1S/C8H14N2O/c1-5-6(2)9-10(4)8(5)7(3)11/h7,11H,1-4H3. The fourth-order valence-corrected chi connectivity index (χ4v) is 1.37. The second-order valence-electron chi connectivity index (χ2n) is 2.90. The quantitative estimate of drug-likeness (QED) is 0.657. The highest BCUT2D eigenvalue weighted by Crippen LogP contribution is 2.18. The number of aliphatic hydroxyl groups is 1. The molecule has 0 aliphatic carbocycles. The largest absolute Gasteiger partial charge is 0.387 e. The van der Waals surface area contributed by atoms with Gasteiger partial charge >= 0.3 is 0 Å². The van der Waals surface area contributed by atoms with Gasteiger partial charge in [0.2, 0.25) is 0 Å². The SMILES string of the molecule is Cc1nn(C)c(C(C)O)c1C. The second kappa shape index (κ2) is 2.66. The first kappa shape index (κ1) is 8.27. The smallest absolute Gasteiger partial charge is 0.0931 e. The molecule has 0 saturated carbocycles. The van der Waals surface area contributed by atoms with Crippen molar-refractivity contribution < 1.29 is 5.11 Å². The molecule has 11 heavy (non-hydrogen) atoms. The molecule has 1 atom stereocenters. The van der Waals surface area contributed by atoms with Gasteiger partial charge in [0.25, 0.3) is 0 Å². The Bertz CT molecular complexity index is 263. The summed E-state index contributed by atoms with van der Waals surface area (Å²) in [5.41, 5.74) is 2.98. The zero-order valence-electron chi connectivity index (χ0n) is 7.42. The van der Waals surface area contributed by atoms with Crippen LogP contribution in [0.3, 0.4) is 0 Å². The number of hydrogen-bond donors (Lipinski definition) is 1. The Balaban J connectivity index is 3.22.